The van der Waals surface area contributed by atoms with Gasteiger partial charge in [0.2, 0.25) is 5.91 Å². The SMILES string of the molecule is CCC(C)(NC(=O)NCCC(=O)NCCOC)C(=O)O. The van der Waals surface area contributed by atoms with E-state index in [0.717, 1.165) is 0 Å². The van der Waals surface area contributed by atoms with E-state index < -0.39 is 17.5 Å². The molecule has 0 bridgehead atoms. The van der Waals surface area contributed by atoms with Gasteiger partial charge in [-0.25, -0.2) is 9.59 Å². The number of methoxy groups -OCH3 is 1. The molecule has 3 amide bonds. The van der Waals surface area contributed by atoms with Crippen LogP contribution >= 0.6 is 0 Å². The number of amides is 3. The van der Waals surface area contributed by atoms with Gasteiger partial charge >= 0.3 is 12.0 Å². The Morgan fingerprint density at radius 3 is 2.35 bits per heavy atom. The van der Waals surface area contributed by atoms with Gasteiger partial charge in [0, 0.05) is 26.6 Å². The highest BCUT2D eigenvalue weighted by Gasteiger charge is 2.32. The van der Waals surface area contributed by atoms with Crippen molar-refractivity contribution in [3.05, 3.63) is 0 Å². The smallest absolute Gasteiger partial charge is 0.329 e. The highest BCUT2D eigenvalue weighted by atomic mass is 16.5. The molecule has 0 radical (unpaired) electrons. The quantitative estimate of drug-likeness (QED) is 0.434. The molecule has 8 heteroatoms. The fraction of sp³-hybridized carbons (Fsp3) is 0.750. The van der Waals surface area contributed by atoms with Crippen LogP contribution in [0.25, 0.3) is 0 Å². The number of carboxylic acid groups (broad SMARTS) is 1. The van der Waals surface area contributed by atoms with E-state index in [1.807, 2.05) is 0 Å². The summed E-state index contributed by atoms with van der Waals surface area (Å²) in [6, 6.07) is -0.610. The maximum Gasteiger partial charge on any atom is 0.329 e. The molecule has 0 spiro atoms. The fourth-order valence-electron chi connectivity index (χ4n) is 1.26. The van der Waals surface area contributed by atoms with Crippen LogP contribution in [0.2, 0.25) is 0 Å². The lowest BCUT2D eigenvalue weighted by molar-refractivity contribution is -0.143. The zero-order valence-electron chi connectivity index (χ0n) is 12.1. The summed E-state index contributed by atoms with van der Waals surface area (Å²) >= 11 is 0. The van der Waals surface area contributed by atoms with Crippen LogP contribution in [0.3, 0.4) is 0 Å². The van der Waals surface area contributed by atoms with E-state index in [1.54, 1.807) is 6.92 Å². The van der Waals surface area contributed by atoms with Gasteiger partial charge in [-0.3, -0.25) is 4.79 Å². The average molecular weight is 289 g/mol. The molecule has 116 valence electrons. The molecule has 0 fully saturated rings. The molecule has 1 unspecified atom stereocenters. The first-order chi connectivity index (χ1) is 9.35. The molecule has 8 nitrogen and oxygen atoms in total. The van der Waals surface area contributed by atoms with E-state index in [1.165, 1.54) is 14.0 Å². The zero-order valence-corrected chi connectivity index (χ0v) is 12.1. The summed E-state index contributed by atoms with van der Waals surface area (Å²) in [6.45, 7) is 4.05. The maximum absolute atomic E-state index is 11.5. The molecule has 0 aromatic carbocycles. The van der Waals surface area contributed by atoms with Crippen LogP contribution in [0.15, 0.2) is 0 Å². The molecule has 0 aliphatic rings. The maximum atomic E-state index is 11.5. The van der Waals surface area contributed by atoms with E-state index in [2.05, 4.69) is 16.0 Å². The van der Waals surface area contributed by atoms with Gasteiger partial charge in [-0.15, -0.1) is 0 Å². The second-order valence-corrected chi connectivity index (χ2v) is 4.46. The molecule has 0 saturated heterocycles. The van der Waals surface area contributed by atoms with Gasteiger partial charge in [0.15, 0.2) is 0 Å². The molecule has 0 aromatic rings. The Kier molecular flexibility index (Phi) is 8.30. The molecule has 0 aromatic heterocycles. The highest BCUT2D eigenvalue weighted by Crippen LogP contribution is 2.08. The Balaban J connectivity index is 3.94. The normalized spacial score (nSPS) is 13.2. The van der Waals surface area contributed by atoms with Gasteiger partial charge in [-0.05, 0) is 13.3 Å². The second-order valence-electron chi connectivity index (χ2n) is 4.46. The summed E-state index contributed by atoms with van der Waals surface area (Å²) in [6.07, 6.45) is 0.375. The number of aliphatic carboxylic acids is 1. The van der Waals surface area contributed by atoms with Crippen LogP contribution in [-0.4, -0.2) is 55.4 Å². The number of carboxylic acids is 1. The third-order valence-electron chi connectivity index (χ3n) is 2.83. The summed E-state index contributed by atoms with van der Waals surface area (Å²) in [5.74, 6) is -1.31. The highest BCUT2D eigenvalue weighted by molar-refractivity contribution is 5.86. The lowest BCUT2D eigenvalue weighted by atomic mass is 10.00. The predicted molar refractivity (Wildman–Crippen MR) is 72.4 cm³/mol. The Morgan fingerprint density at radius 1 is 1.20 bits per heavy atom. The summed E-state index contributed by atoms with van der Waals surface area (Å²) in [5.41, 5.74) is -1.31. The molecule has 20 heavy (non-hydrogen) atoms. The summed E-state index contributed by atoms with van der Waals surface area (Å²) in [4.78, 5) is 33.8. The van der Waals surface area contributed by atoms with Crippen molar-refractivity contribution in [3.63, 3.8) is 0 Å². The van der Waals surface area contributed by atoms with Crippen molar-refractivity contribution in [1.29, 1.82) is 0 Å². The van der Waals surface area contributed by atoms with Gasteiger partial charge in [0.25, 0.3) is 0 Å². The number of rotatable bonds is 9. The lowest BCUT2D eigenvalue weighted by Gasteiger charge is -2.24. The molecule has 0 saturated carbocycles. The van der Waals surface area contributed by atoms with E-state index in [9.17, 15) is 14.4 Å². The number of carbonyl (C=O) groups excluding carboxylic acids is 2. The molecule has 0 aliphatic heterocycles. The minimum atomic E-state index is -1.31. The number of ether oxygens (including phenoxy) is 1. The van der Waals surface area contributed by atoms with Crippen molar-refractivity contribution < 1.29 is 24.2 Å². The van der Waals surface area contributed by atoms with Crippen molar-refractivity contribution in [3.8, 4) is 0 Å². The van der Waals surface area contributed by atoms with Crippen molar-refractivity contribution in [1.82, 2.24) is 16.0 Å². The van der Waals surface area contributed by atoms with E-state index in [0.29, 0.717) is 13.2 Å². The minimum Gasteiger partial charge on any atom is -0.480 e. The van der Waals surface area contributed by atoms with Crippen LogP contribution in [0.1, 0.15) is 26.7 Å². The summed E-state index contributed by atoms with van der Waals surface area (Å²) in [7, 11) is 1.53. The molecule has 1 atom stereocenters. The monoisotopic (exact) mass is 289 g/mol. The number of hydrogen-bond acceptors (Lipinski definition) is 4. The lowest BCUT2D eigenvalue weighted by Crippen LogP contribution is -2.55. The zero-order chi connectivity index (χ0) is 15.6. The van der Waals surface area contributed by atoms with Gasteiger partial charge < -0.3 is 25.8 Å². The van der Waals surface area contributed by atoms with Crippen LogP contribution in [0.5, 0.6) is 0 Å². The minimum absolute atomic E-state index is 0.118. The molecular weight excluding hydrogens is 266 g/mol. The van der Waals surface area contributed by atoms with Crippen LogP contribution in [0.4, 0.5) is 4.79 Å². The van der Waals surface area contributed by atoms with Crippen LogP contribution < -0.4 is 16.0 Å². The van der Waals surface area contributed by atoms with E-state index >= 15 is 0 Å². The molecule has 0 heterocycles. The Labute approximate surface area is 118 Å². The molecule has 0 rings (SSSR count). The number of carbonyl (C=O) groups is 3. The summed E-state index contributed by atoms with van der Waals surface area (Å²) in [5, 5.41) is 16.4. The van der Waals surface area contributed by atoms with Crippen molar-refractivity contribution in [2.24, 2.45) is 0 Å². The van der Waals surface area contributed by atoms with E-state index in [-0.39, 0.29) is 25.3 Å². The van der Waals surface area contributed by atoms with E-state index in [4.69, 9.17) is 9.84 Å². The first-order valence-electron chi connectivity index (χ1n) is 6.40. The standard InChI is InChI=1S/C12H23N3O5/c1-4-12(2,10(17)18)15-11(19)14-6-5-9(16)13-7-8-20-3/h4-8H2,1-3H3,(H,13,16)(H,17,18)(H2,14,15,19). The molecule has 4 N–H and O–H groups in total. The second kappa shape index (κ2) is 9.13. The third-order valence-corrected chi connectivity index (χ3v) is 2.83. The van der Waals surface area contributed by atoms with Crippen LogP contribution in [-0.2, 0) is 14.3 Å². The molecular formula is C12H23N3O5. The fourth-order valence-corrected chi connectivity index (χ4v) is 1.26. The first kappa shape index (κ1) is 18.2. The predicted octanol–water partition coefficient (Wildman–Crippen LogP) is -0.308. The van der Waals surface area contributed by atoms with Crippen molar-refractivity contribution in [2.45, 2.75) is 32.2 Å². The molecule has 0 aliphatic carbocycles. The third kappa shape index (κ3) is 6.93. The number of hydrogen-bond donors (Lipinski definition) is 4. The Bertz CT molecular complexity index is 348. The summed E-state index contributed by atoms with van der Waals surface area (Å²) < 4.78 is 4.77. The first-order valence-corrected chi connectivity index (χ1v) is 6.40. The number of nitrogens with one attached hydrogen (secondary N) is 3. The largest absolute Gasteiger partial charge is 0.480 e. The van der Waals surface area contributed by atoms with Gasteiger partial charge in [-0.1, -0.05) is 6.92 Å². The Morgan fingerprint density at radius 2 is 1.85 bits per heavy atom. The van der Waals surface area contributed by atoms with Crippen molar-refractivity contribution >= 4 is 17.9 Å². The van der Waals surface area contributed by atoms with Gasteiger partial charge in [0.1, 0.15) is 5.54 Å². The Hall–Kier alpha value is -1.83. The number of urea groups is 1. The van der Waals surface area contributed by atoms with Crippen LogP contribution in [0, 0.1) is 0 Å². The average Bonchev–Trinajstić information content (AvgIpc) is 2.38. The van der Waals surface area contributed by atoms with Crippen molar-refractivity contribution in [2.75, 3.05) is 26.8 Å². The van der Waals surface area contributed by atoms with Gasteiger partial charge in [-0.2, -0.15) is 0 Å². The van der Waals surface area contributed by atoms with Gasteiger partial charge in [0.05, 0.1) is 6.61 Å². The topological polar surface area (TPSA) is 117 Å².